The number of pyridine rings is 1. The number of hydrogen-bond donors (Lipinski definition) is 0. The average molecular weight is 453 g/mol. The number of rotatable bonds is 3. The van der Waals surface area contributed by atoms with E-state index < -0.39 is 5.60 Å². The van der Waals surface area contributed by atoms with Crippen molar-refractivity contribution in [1.29, 1.82) is 0 Å². The topological polar surface area (TPSA) is 76.4 Å². The van der Waals surface area contributed by atoms with Gasteiger partial charge in [0.15, 0.2) is 5.65 Å². The van der Waals surface area contributed by atoms with E-state index in [-0.39, 0.29) is 18.0 Å². The molecule has 0 aromatic carbocycles. The van der Waals surface area contributed by atoms with Crippen molar-refractivity contribution in [2.45, 2.75) is 58.1 Å². The zero-order valence-corrected chi connectivity index (χ0v) is 19.5. The molecule has 1 atom stereocenters. The van der Waals surface area contributed by atoms with Gasteiger partial charge in [-0.3, -0.25) is 4.57 Å². The Morgan fingerprint density at radius 2 is 1.97 bits per heavy atom. The number of amides is 1. The van der Waals surface area contributed by atoms with Crippen LogP contribution in [0.25, 0.3) is 16.9 Å². The largest absolute Gasteiger partial charge is 0.444 e. The third-order valence-corrected chi connectivity index (χ3v) is 6.12. The van der Waals surface area contributed by atoms with E-state index in [1.165, 1.54) is 23.9 Å². The highest BCUT2D eigenvalue weighted by Crippen LogP contribution is 2.46. The van der Waals surface area contributed by atoms with Gasteiger partial charge < -0.3 is 14.5 Å². The van der Waals surface area contributed by atoms with Gasteiger partial charge in [-0.05, 0) is 58.1 Å². The fourth-order valence-corrected chi connectivity index (χ4v) is 4.46. The molecule has 3 aromatic rings. The standard InChI is InChI=1S/C24H29FN6O2/c1-15-12-29(23(32)33-24(2,3)4)9-10-30(15)21-20-18(16-5-6-16)13-31(22(20)28-14-27-21)19-11-17(25)7-8-26-19/h7-8,11,13-16H,5-6,9-10,12H2,1-4H3/t15-/m0/s1. The van der Waals surface area contributed by atoms with Gasteiger partial charge in [0, 0.05) is 44.1 Å². The summed E-state index contributed by atoms with van der Waals surface area (Å²) in [5.74, 6) is 1.47. The summed E-state index contributed by atoms with van der Waals surface area (Å²) in [6.45, 7) is 9.45. The predicted octanol–water partition coefficient (Wildman–Crippen LogP) is 4.28. The third kappa shape index (κ3) is 4.24. The molecule has 2 aliphatic rings. The Hall–Kier alpha value is -3.23. The van der Waals surface area contributed by atoms with Crippen LogP contribution in [0, 0.1) is 5.82 Å². The normalized spacial score (nSPS) is 19.2. The van der Waals surface area contributed by atoms with Gasteiger partial charge in [0.05, 0.1) is 5.39 Å². The Morgan fingerprint density at radius 1 is 1.18 bits per heavy atom. The number of ether oxygens (including phenoxy) is 1. The Bertz CT molecular complexity index is 1200. The summed E-state index contributed by atoms with van der Waals surface area (Å²) in [5, 5.41) is 0.989. The SMILES string of the molecule is C[C@H]1CN(C(=O)OC(C)(C)C)CCN1c1ncnc2c1c(C1CC1)cn2-c1cc(F)ccn1. The van der Waals surface area contributed by atoms with Crippen molar-refractivity contribution >= 4 is 22.9 Å². The van der Waals surface area contributed by atoms with Crippen LogP contribution in [-0.2, 0) is 4.74 Å². The number of aromatic nitrogens is 4. The maximum Gasteiger partial charge on any atom is 0.410 e. The Labute approximate surface area is 192 Å². The molecule has 3 aromatic heterocycles. The smallest absolute Gasteiger partial charge is 0.410 e. The van der Waals surface area contributed by atoms with Gasteiger partial charge in [-0.2, -0.15) is 0 Å². The number of nitrogens with zero attached hydrogens (tertiary/aromatic N) is 6. The zero-order valence-electron chi connectivity index (χ0n) is 19.5. The molecule has 33 heavy (non-hydrogen) atoms. The van der Waals surface area contributed by atoms with Crippen LogP contribution in [0.4, 0.5) is 15.0 Å². The lowest BCUT2D eigenvalue weighted by Crippen LogP contribution is -2.54. The molecule has 1 saturated heterocycles. The fourth-order valence-electron chi connectivity index (χ4n) is 4.46. The molecule has 0 unspecified atom stereocenters. The quantitative estimate of drug-likeness (QED) is 0.591. The lowest BCUT2D eigenvalue weighted by Gasteiger charge is -2.41. The molecule has 174 valence electrons. The maximum absolute atomic E-state index is 13.9. The number of carbonyl (C=O) groups is 1. The van der Waals surface area contributed by atoms with Crippen LogP contribution in [0.1, 0.15) is 52.0 Å². The molecule has 0 N–H and O–H groups in total. The lowest BCUT2D eigenvalue weighted by molar-refractivity contribution is 0.0218. The number of carbonyl (C=O) groups excluding carboxylic acids is 1. The first-order valence-corrected chi connectivity index (χ1v) is 11.4. The summed E-state index contributed by atoms with van der Waals surface area (Å²) < 4.78 is 21.3. The summed E-state index contributed by atoms with van der Waals surface area (Å²) in [4.78, 5) is 30.2. The molecule has 2 fully saturated rings. The van der Waals surface area contributed by atoms with E-state index in [4.69, 9.17) is 4.74 Å². The molecular formula is C24H29FN6O2. The first-order valence-electron chi connectivity index (χ1n) is 11.4. The van der Waals surface area contributed by atoms with Crippen molar-refractivity contribution in [3.8, 4) is 5.82 Å². The number of anilines is 1. The first kappa shape index (κ1) is 21.6. The molecule has 9 heteroatoms. The second kappa shape index (κ2) is 7.97. The highest BCUT2D eigenvalue weighted by atomic mass is 19.1. The first-order chi connectivity index (χ1) is 15.7. The minimum Gasteiger partial charge on any atom is -0.444 e. The van der Waals surface area contributed by atoms with E-state index in [0.29, 0.717) is 31.4 Å². The molecule has 1 saturated carbocycles. The number of piperazine rings is 1. The van der Waals surface area contributed by atoms with E-state index in [2.05, 4.69) is 26.8 Å². The molecule has 0 bridgehead atoms. The minimum atomic E-state index is -0.525. The highest BCUT2D eigenvalue weighted by molar-refractivity contribution is 5.93. The van der Waals surface area contributed by atoms with Crippen LogP contribution in [0.2, 0.25) is 0 Å². The monoisotopic (exact) mass is 452 g/mol. The van der Waals surface area contributed by atoms with Gasteiger partial charge in [0.25, 0.3) is 0 Å². The van der Waals surface area contributed by atoms with E-state index >= 15 is 0 Å². The summed E-state index contributed by atoms with van der Waals surface area (Å²) >= 11 is 0. The van der Waals surface area contributed by atoms with E-state index in [1.807, 2.05) is 31.5 Å². The van der Waals surface area contributed by atoms with Crippen molar-refractivity contribution in [1.82, 2.24) is 24.4 Å². The minimum absolute atomic E-state index is 0.0482. The lowest BCUT2D eigenvalue weighted by atomic mass is 10.1. The summed E-state index contributed by atoms with van der Waals surface area (Å²) in [7, 11) is 0. The van der Waals surface area contributed by atoms with E-state index in [0.717, 1.165) is 29.7 Å². The molecule has 1 aliphatic carbocycles. The molecule has 4 heterocycles. The van der Waals surface area contributed by atoms with Crippen LogP contribution in [0.3, 0.4) is 0 Å². The van der Waals surface area contributed by atoms with Gasteiger partial charge in [0.2, 0.25) is 0 Å². The fraction of sp³-hybridized carbons (Fsp3) is 0.500. The maximum atomic E-state index is 13.9. The van der Waals surface area contributed by atoms with Crippen molar-refractivity contribution in [3.63, 3.8) is 0 Å². The van der Waals surface area contributed by atoms with Crippen molar-refractivity contribution in [3.05, 3.63) is 42.2 Å². The predicted molar refractivity (Wildman–Crippen MR) is 123 cm³/mol. The number of fused-ring (bicyclic) bond motifs is 1. The van der Waals surface area contributed by atoms with Crippen LogP contribution in [0.15, 0.2) is 30.9 Å². The van der Waals surface area contributed by atoms with Crippen molar-refractivity contribution < 1.29 is 13.9 Å². The molecular weight excluding hydrogens is 423 g/mol. The molecule has 1 amide bonds. The summed E-state index contributed by atoms with van der Waals surface area (Å²) in [6.07, 6.45) is 7.00. The summed E-state index contributed by atoms with van der Waals surface area (Å²) in [5.41, 5.74) is 1.37. The van der Waals surface area contributed by atoms with Gasteiger partial charge in [-0.1, -0.05) is 0 Å². The average Bonchev–Trinajstić information content (AvgIpc) is 3.52. The number of hydrogen-bond acceptors (Lipinski definition) is 6. The Morgan fingerprint density at radius 3 is 2.64 bits per heavy atom. The Balaban J connectivity index is 1.50. The van der Waals surface area contributed by atoms with Crippen LogP contribution >= 0.6 is 0 Å². The van der Waals surface area contributed by atoms with Crippen molar-refractivity contribution in [2.24, 2.45) is 0 Å². The highest BCUT2D eigenvalue weighted by Gasteiger charge is 2.34. The van der Waals surface area contributed by atoms with E-state index in [9.17, 15) is 9.18 Å². The van der Waals surface area contributed by atoms with Gasteiger partial charge in [0.1, 0.15) is 29.4 Å². The van der Waals surface area contributed by atoms with Gasteiger partial charge >= 0.3 is 6.09 Å². The zero-order chi connectivity index (χ0) is 23.3. The second-order valence-corrected chi connectivity index (χ2v) is 9.93. The van der Waals surface area contributed by atoms with Crippen LogP contribution < -0.4 is 4.90 Å². The Kier molecular flexibility index (Phi) is 5.22. The van der Waals surface area contributed by atoms with Crippen molar-refractivity contribution in [2.75, 3.05) is 24.5 Å². The molecule has 0 spiro atoms. The number of halogens is 1. The van der Waals surface area contributed by atoms with Gasteiger partial charge in [-0.25, -0.2) is 24.1 Å². The van der Waals surface area contributed by atoms with Crippen LogP contribution in [-0.4, -0.2) is 61.8 Å². The molecule has 1 aliphatic heterocycles. The molecule has 8 nitrogen and oxygen atoms in total. The summed E-state index contributed by atoms with van der Waals surface area (Å²) in [6, 6.07) is 2.80. The van der Waals surface area contributed by atoms with E-state index in [1.54, 1.807) is 11.2 Å². The molecule has 5 rings (SSSR count). The van der Waals surface area contributed by atoms with Crippen LogP contribution in [0.5, 0.6) is 0 Å². The molecule has 0 radical (unpaired) electrons. The second-order valence-electron chi connectivity index (χ2n) is 9.93. The third-order valence-electron chi connectivity index (χ3n) is 6.12. The van der Waals surface area contributed by atoms with Gasteiger partial charge in [-0.15, -0.1) is 0 Å².